The SMILES string of the molecule is COc1cc(Br)c([N+](=O)[O-])cc1CC(=O)O. The van der Waals surface area contributed by atoms with E-state index in [1.165, 1.54) is 19.2 Å². The maximum absolute atomic E-state index is 10.6. The zero-order valence-corrected chi connectivity index (χ0v) is 9.85. The van der Waals surface area contributed by atoms with Crippen molar-refractivity contribution in [3.8, 4) is 5.75 Å². The Labute approximate surface area is 99.1 Å². The molecule has 0 unspecified atom stereocenters. The van der Waals surface area contributed by atoms with Crippen molar-refractivity contribution in [1.82, 2.24) is 0 Å². The summed E-state index contributed by atoms with van der Waals surface area (Å²) in [5.74, 6) is -0.769. The standard InChI is InChI=1S/C9H8BrNO5/c1-16-8-4-6(10)7(11(14)15)2-5(8)3-9(12)13/h2,4H,3H2,1H3,(H,12,13). The highest BCUT2D eigenvalue weighted by Gasteiger charge is 2.18. The first-order valence-electron chi connectivity index (χ1n) is 4.18. The lowest BCUT2D eigenvalue weighted by molar-refractivity contribution is -0.385. The normalized spacial score (nSPS) is 9.88. The van der Waals surface area contributed by atoms with E-state index in [4.69, 9.17) is 9.84 Å². The van der Waals surface area contributed by atoms with Crippen molar-refractivity contribution in [3.63, 3.8) is 0 Å². The zero-order chi connectivity index (χ0) is 12.3. The largest absolute Gasteiger partial charge is 0.496 e. The molecule has 1 aromatic rings. The Bertz CT molecular complexity index is 446. The number of hydrogen-bond acceptors (Lipinski definition) is 4. The van der Waals surface area contributed by atoms with Crippen LogP contribution in [0.2, 0.25) is 0 Å². The van der Waals surface area contributed by atoms with E-state index in [0.29, 0.717) is 5.75 Å². The molecule has 0 saturated heterocycles. The van der Waals surface area contributed by atoms with Crippen LogP contribution in [0.3, 0.4) is 0 Å². The van der Waals surface area contributed by atoms with Gasteiger partial charge in [-0.2, -0.15) is 0 Å². The molecule has 0 atom stereocenters. The molecule has 0 heterocycles. The fraction of sp³-hybridized carbons (Fsp3) is 0.222. The third-order valence-electron chi connectivity index (χ3n) is 1.89. The van der Waals surface area contributed by atoms with Crippen LogP contribution in [-0.2, 0) is 11.2 Å². The van der Waals surface area contributed by atoms with Gasteiger partial charge in [-0.25, -0.2) is 0 Å². The maximum Gasteiger partial charge on any atom is 0.307 e. The third-order valence-corrected chi connectivity index (χ3v) is 2.52. The number of benzene rings is 1. The van der Waals surface area contributed by atoms with E-state index < -0.39 is 10.9 Å². The highest BCUT2D eigenvalue weighted by atomic mass is 79.9. The summed E-state index contributed by atoms with van der Waals surface area (Å²) in [5.41, 5.74) is 0.0851. The lowest BCUT2D eigenvalue weighted by Gasteiger charge is -2.07. The van der Waals surface area contributed by atoms with Gasteiger partial charge in [0, 0.05) is 17.7 Å². The van der Waals surface area contributed by atoms with Crippen molar-refractivity contribution < 1.29 is 19.6 Å². The Morgan fingerprint density at radius 1 is 1.62 bits per heavy atom. The first-order valence-corrected chi connectivity index (χ1v) is 4.97. The molecule has 0 radical (unpaired) electrons. The number of methoxy groups -OCH3 is 1. The predicted octanol–water partition coefficient (Wildman–Crippen LogP) is 1.99. The van der Waals surface area contributed by atoms with Crippen molar-refractivity contribution in [1.29, 1.82) is 0 Å². The average Bonchev–Trinajstić information content (AvgIpc) is 2.18. The summed E-state index contributed by atoms with van der Waals surface area (Å²) in [5, 5.41) is 19.3. The van der Waals surface area contributed by atoms with E-state index in [1.807, 2.05) is 0 Å². The lowest BCUT2D eigenvalue weighted by atomic mass is 10.1. The minimum Gasteiger partial charge on any atom is -0.496 e. The fourth-order valence-corrected chi connectivity index (χ4v) is 1.69. The summed E-state index contributed by atoms with van der Waals surface area (Å²) in [6.07, 6.45) is -0.322. The molecule has 1 N–H and O–H groups in total. The summed E-state index contributed by atoms with van der Waals surface area (Å²) < 4.78 is 5.20. The Balaban J connectivity index is 3.28. The third kappa shape index (κ3) is 2.69. The molecule has 7 heteroatoms. The van der Waals surface area contributed by atoms with Gasteiger partial charge in [0.15, 0.2) is 0 Å². The Hall–Kier alpha value is -1.63. The van der Waals surface area contributed by atoms with E-state index >= 15 is 0 Å². The second-order valence-corrected chi connectivity index (χ2v) is 3.80. The molecule has 0 bridgehead atoms. The molecule has 0 aliphatic carbocycles. The summed E-state index contributed by atoms with van der Waals surface area (Å²) in [6, 6.07) is 2.58. The van der Waals surface area contributed by atoms with Gasteiger partial charge in [-0.05, 0) is 15.9 Å². The highest BCUT2D eigenvalue weighted by molar-refractivity contribution is 9.10. The number of hydrogen-bond donors (Lipinski definition) is 1. The Morgan fingerprint density at radius 2 is 2.25 bits per heavy atom. The van der Waals surface area contributed by atoms with E-state index in [0.717, 1.165) is 0 Å². The Kier molecular flexibility index (Phi) is 3.83. The van der Waals surface area contributed by atoms with Crippen molar-refractivity contribution in [2.24, 2.45) is 0 Å². The lowest BCUT2D eigenvalue weighted by Crippen LogP contribution is -2.03. The zero-order valence-electron chi connectivity index (χ0n) is 8.27. The molecule has 86 valence electrons. The maximum atomic E-state index is 10.6. The first-order chi connectivity index (χ1) is 7.45. The number of rotatable bonds is 4. The summed E-state index contributed by atoms with van der Waals surface area (Å²) in [6.45, 7) is 0. The van der Waals surface area contributed by atoms with E-state index in [2.05, 4.69) is 15.9 Å². The smallest absolute Gasteiger partial charge is 0.307 e. The van der Waals surface area contributed by atoms with Crippen LogP contribution in [0.4, 0.5) is 5.69 Å². The van der Waals surface area contributed by atoms with Crippen LogP contribution in [0.5, 0.6) is 5.75 Å². The van der Waals surface area contributed by atoms with Gasteiger partial charge in [0.05, 0.1) is 22.9 Å². The molecule has 0 fully saturated rings. The van der Waals surface area contributed by atoms with Crippen LogP contribution in [0.25, 0.3) is 0 Å². The van der Waals surface area contributed by atoms with Gasteiger partial charge in [-0.15, -0.1) is 0 Å². The number of carboxylic acids is 1. The van der Waals surface area contributed by atoms with E-state index in [9.17, 15) is 14.9 Å². The van der Waals surface area contributed by atoms with E-state index in [-0.39, 0.29) is 22.1 Å². The Morgan fingerprint density at radius 3 is 2.69 bits per heavy atom. The van der Waals surface area contributed by atoms with Crippen LogP contribution in [0, 0.1) is 10.1 Å². The van der Waals surface area contributed by atoms with E-state index in [1.54, 1.807) is 0 Å². The monoisotopic (exact) mass is 289 g/mol. The number of ether oxygens (including phenoxy) is 1. The predicted molar refractivity (Wildman–Crippen MR) is 58.7 cm³/mol. The van der Waals surface area contributed by atoms with Gasteiger partial charge >= 0.3 is 5.97 Å². The van der Waals surface area contributed by atoms with Gasteiger partial charge in [0.2, 0.25) is 0 Å². The molecule has 0 aliphatic rings. The van der Waals surface area contributed by atoms with Crippen molar-refractivity contribution >= 4 is 27.6 Å². The van der Waals surface area contributed by atoms with Crippen LogP contribution >= 0.6 is 15.9 Å². The van der Waals surface area contributed by atoms with Crippen LogP contribution in [0.1, 0.15) is 5.56 Å². The van der Waals surface area contributed by atoms with Gasteiger partial charge in [0.25, 0.3) is 5.69 Å². The molecule has 0 saturated carbocycles. The summed E-state index contributed by atoms with van der Waals surface area (Å²) in [7, 11) is 1.37. The topological polar surface area (TPSA) is 89.7 Å². The van der Waals surface area contributed by atoms with Gasteiger partial charge in [0.1, 0.15) is 5.75 Å². The fourth-order valence-electron chi connectivity index (χ4n) is 1.22. The quantitative estimate of drug-likeness (QED) is 0.676. The molecule has 6 nitrogen and oxygen atoms in total. The van der Waals surface area contributed by atoms with Gasteiger partial charge in [-0.3, -0.25) is 14.9 Å². The number of nitro benzene ring substituents is 1. The summed E-state index contributed by atoms with van der Waals surface area (Å²) in [4.78, 5) is 20.6. The minimum atomic E-state index is -1.07. The van der Waals surface area contributed by atoms with Crippen molar-refractivity contribution in [2.75, 3.05) is 7.11 Å². The van der Waals surface area contributed by atoms with Crippen LogP contribution in [0.15, 0.2) is 16.6 Å². The van der Waals surface area contributed by atoms with Crippen LogP contribution < -0.4 is 4.74 Å². The number of aliphatic carboxylic acids is 1. The molecule has 1 aromatic carbocycles. The highest BCUT2D eigenvalue weighted by Crippen LogP contribution is 2.32. The molecule has 1 rings (SSSR count). The van der Waals surface area contributed by atoms with Crippen LogP contribution in [-0.4, -0.2) is 23.1 Å². The molecule has 16 heavy (non-hydrogen) atoms. The molecule has 0 spiro atoms. The molecular weight excluding hydrogens is 282 g/mol. The number of carbonyl (C=O) groups is 1. The second kappa shape index (κ2) is 4.93. The molecular formula is C9H8BrNO5. The molecule has 0 aromatic heterocycles. The summed E-state index contributed by atoms with van der Waals surface area (Å²) >= 11 is 3.02. The molecule has 0 aliphatic heterocycles. The number of nitro groups is 1. The van der Waals surface area contributed by atoms with Crippen molar-refractivity contribution in [2.45, 2.75) is 6.42 Å². The average molecular weight is 290 g/mol. The van der Waals surface area contributed by atoms with Gasteiger partial charge in [-0.1, -0.05) is 0 Å². The number of nitrogens with zero attached hydrogens (tertiary/aromatic N) is 1. The second-order valence-electron chi connectivity index (χ2n) is 2.94. The first kappa shape index (κ1) is 12.4. The molecule has 0 amide bonds. The van der Waals surface area contributed by atoms with Crippen molar-refractivity contribution in [3.05, 3.63) is 32.3 Å². The minimum absolute atomic E-state index is 0.183. The number of carboxylic acid groups (broad SMARTS) is 1. The number of halogens is 1. The van der Waals surface area contributed by atoms with Gasteiger partial charge < -0.3 is 9.84 Å².